The lowest BCUT2D eigenvalue weighted by atomic mass is 10.1. The van der Waals surface area contributed by atoms with Gasteiger partial charge in [0.1, 0.15) is 10.6 Å². The van der Waals surface area contributed by atoms with E-state index in [0.29, 0.717) is 43.2 Å². The fourth-order valence-corrected chi connectivity index (χ4v) is 3.90. The van der Waals surface area contributed by atoms with Gasteiger partial charge in [0.25, 0.3) is 5.91 Å². The van der Waals surface area contributed by atoms with Crippen LogP contribution in [-0.4, -0.2) is 50.1 Å². The third kappa shape index (κ3) is 6.47. The molecule has 0 aliphatic carbocycles. The molecule has 1 aromatic heterocycles. The van der Waals surface area contributed by atoms with E-state index in [4.69, 9.17) is 4.74 Å². The topological polar surface area (TPSA) is 63.7 Å². The molecule has 6 nitrogen and oxygen atoms in total. The van der Waals surface area contributed by atoms with E-state index in [1.54, 1.807) is 4.90 Å². The van der Waals surface area contributed by atoms with E-state index in [1.165, 1.54) is 12.1 Å². The van der Waals surface area contributed by atoms with E-state index in [1.807, 2.05) is 0 Å². The zero-order chi connectivity index (χ0) is 22.6. The van der Waals surface area contributed by atoms with Crippen LogP contribution < -0.4 is 15.0 Å². The fourth-order valence-electron chi connectivity index (χ4n) is 2.84. The van der Waals surface area contributed by atoms with Crippen LogP contribution in [-0.2, 0) is 17.3 Å². The molecular formula is C18H17F6N3O3S. The monoisotopic (exact) mass is 469 g/mol. The van der Waals surface area contributed by atoms with Gasteiger partial charge in [0, 0.05) is 19.6 Å². The molecule has 0 spiro atoms. The number of carbonyl (C=O) groups is 1. The Balaban J connectivity index is 1.66. The Morgan fingerprint density at radius 2 is 1.90 bits per heavy atom. The van der Waals surface area contributed by atoms with Crippen molar-refractivity contribution in [1.82, 2.24) is 10.3 Å². The minimum Gasteiger partial charge on any atom is -0.406 e. The van der Waals surface area contributed by atoms with Gasteiger partial charge in [-0.15, -0.1) is 13.2 Å². The van der Waals surface area contributed by atoms with Crippen molar-refractivity contribution < 1.29 is 40.6 Å². The second-order valence-corrected chi connectivity index (χ2v) is 7.45. The van der Waals surface area contributed by atoms with Gasteiger partial charge in [-0.05, 0) is 24.1 Å². The highest BCUT2D eigenvalue weighted by Gasteiger charge is 2.40. The number of thiazole rings is 1. The normalized spacial score (nSPS) is 15.1. The fraction of sp³-hybridized carbons (Fsp3) is 0.444. The molecule has 0 saturated carbocycles. The molecule has 0 unspecified atom stereocenters. The van der Waals surface area contributed by atoms with E-state index in [-0.39, 0.29) is 18.1 Å². The molecule has 31 heavy (non-hydrogen) atoms. The number of amides is 1. The average molecular weight is 469 g/mol. The number of hydrogen-bond acceptors (Lipinski definition) is 6. The third-order valence-electron chi connectivity index (χ3n) is 4.20. The van der Waals surface area contributed by atoms with Crippen LogP contribution in [0.1, 0.15) is 20.9 Å². The predicted molar refractivity (Wildman–Crippen MR) is 99.3 cm³/mol. The maximum Gasteiger partial charge on any atom is 0.573 e. The van der Waals surface area contributed by atoms with Crippen molar-refractivity contribution in [3.8, 4) is 5.75 Å². The summed E-state index contributed by atoms with van der Waals surface area (Å²) in [5.74, 6) is -1.37. The number of nitrogens with one attached hydrogen (secondary N) is 1. The SMILES string of the molecule is O=C(NCCc1cccc(OC(F)(F)F)c1)c1sc(N2CCOCC2)nc1C(F)(F)F. The maximum absolute atomic E-state index is 13.4. The Bertz CT molecular complexity index is 910. The summed E-state index contributed by atoms with van der Waals surface area (Å²) in [4.78, 5) is 17.1. The van der Waals surface area contributed by atoms with Crippen LogP contribution in [0.5, 0.6) is 5.75 Å². The Hall–Kier alpha value is -2.54. The number of alkyl halides is 6. The van der Waals surface area contributed by atoms with Crippen molar-refractivity contribution in [3.63, 3.8) is 0 Å². The predicted octanol–water partition coefficient (Wildman–Crippen LogP) is 3.87. The van der Waals surface area contributed by atoms with E-state index < -0.39 is 34.8 Å². The van der Waals surface area contributed by atoms with Crippen molar-refractivity contribution in [2.45, 2.75) is 19.0 Å². The molecule has 2 heterocycles. The van der Waals surface area contributed by atoms with Gasteiger partial charge in [-0.25, -0.2) is 4.98 Å². The summed E-state index contributed by atoms with van der Waals surface area (Å²) >= 11 is 0.638. The van der Waals surface area contributed by atoms with Crippen molar-refractivity contribution in [1.29, 1.82) is 0 Å². The van der Waals surface area contributed by atoms with Crippen LogP contribution in [0.3, 0.4) is 0 Å². The van der Waals surface area contributed by atoms with Crippen molar-refractivity contribution >= 4 is 22.4 Å². The third-order valence-corrected chi connectivity index (χ3v) is 5.32. The molecule has 1 fully saturated rings. The molecule has 1 aliphatic rings. The summed E-state index contributed by atoms with van der Waals surface area (Å²) in [6, 6.07) is 5.12. The van der Waals surface area contributed by atoms with Gasteiger partial charge in [-0.2, -0.15) is 13.2 Å². The second kappa shape index (κ2) is 9.30. The number of carbonyl (C=O) groups excluding carboxylic acids is 1. The van der Waals surface area contributed by atoms with Crippen LogP contribution in [0.15, 0.2) is 24.3 Å². The van der Waals surface area contributed by atoms with Gasteiger partial charge in [-0.1, -0.05) is 23.5 Å². The smallest absolute Gasteiger partial charge is 0.406 e. The van der Waals surface area contributed by atoms with Crippen molar-refractivity contribution in [2.24, 2.45) is 0 Å². The maximum atomic E-state index is 13.4. The number of benzene rings is 1. The highest BCUT2D eigenvalue weighted by atomic mass is 32.1. The van der Waals surface area contributed by atoms with Crippen LogP contribution in [0.25, 0.3) is 0 Å². The number of hydrogen-bond donors (Lipinski definition) is 1. The summed E-state index contributed by atoms with van der Waals surface area (Å²) in [5.41, 5.74) is -0.853. The largest absolute Gasteiger partial charge is 0.573 e. The lowest BCUT2D eigenvalue weighted by molar-refractivity contribution is -0.274. The number of aromatic nitrogens is 1. The number of morpholine rings is 1. The summed E-state index contributed by atoms with van der Waals surface area (Å²) in [6.07, 6.45) is -9.56. The minimum atomic E-state index is -4.84. The Kier molecular flexibility index (Phi) is 6.94. The lowest BCUT2D eigenvalue weighted by Gasteiger charge is -2.26. The van der Waals surface area contributed by atoms with Gasteiger partial charge < -0.3 is 19.7 Å². The zero-order valence-electron chi connectivity index (χ0n) is 15.8. The number of nitrogens with zero attached hydrogens (tertiary/aromatic N) is 2. The summed E-state index contributed by atoms with van der Waals surface area (Å²) in [7, 11) is 0. The molecular weight excluding hydrogens is 452 g/mol. The Morgan fingerprint density at radius 3 is 2.55 bits per heavy atom. The molecule has 0 bridgehead atoms. The van der Waals surface area contributed by atoms with Gasteiger partial charge in [0.15, 0.2) is 10.8 Å². The van der Waals surface area contributed by atoms with Crippen molar-refractivity contribution in [3.05, 3.63) is 40.4 Å². The molecule has 1 N–H and O–H groups in total. The van der Waals surface area contributed by atoms with Crippen LogP contribution >= 0.6 is 11.3 Å². The van der Waals surface area contributed by atoms with E-state index in [2.05, 4.69) is 15.0 Å². The highest BCUT2D eigenvalue weighted by Crippen LogP contribution is 2.37. The Labute approximate surface area is 176 Å². The molecule has 1 aromatic carbocycles. The first-order chi connectivity index (χ1) is 14.5. The zero-order valence-corrected chi connectivity index (χ0v) is 16.7. The first kappa shape index (κ1) is 23.1. The number of halogens is 6. The van der Waals surface area contributed by atoms with Gasteiger partial charge in [0.05, 0.1) is 13.2 Å². The summed E-state index contributed by atoms with van der Waals surface area (Å²) in [6.45, 7) is 1.33. The highest BCUT2D eigenvalue weighted by molar-refractivity contribution is 7.17. The molecule has 170 valence electrons. The lowest BCUT2D eigenvalue weighted by Crippen LogP contribution is -2.36. The van der Waals surface area contributed by atoms with Gasteiger partial charge in [-0.3, -0.25) is 4.79 Å². The molecule has 3 rings (SSSR count). The molecule has 2 aromatic rings. The van der Waals surface area contributed by atoms with Gasteiger partial charge in [0.2, 0.25) is 0 Å². The summed E-state index contributed by atoms with van der Waals surface area (Å²) in [5, 5.41) is 2.45. The number of rotatable bonds is 6. The van der Waals surface area contributed by atoms with Crippen LogP contribution in [0.4, 0.5) is 31.5 Å². The standard InChI is InChI=1S/C18H17F6N3O3S/c19-17(20,21)14-13(31-16(26-14)27-6-8-29-9-7-27)15(28)25-5-4-11-2-1-3-12(10-11)30-18(22,23)24/h1-3,10H,4-9H2,(H,25,28). The molecule has 1 aliphatic heterocycles. The first-order valence-electron chi connectivity index (χ1n) is 9.06. The molecule has 0 radical (unpaired) electrons. The quantitative estimate of drug-likeness (QED) is 0.651. The average Bonchev–Trinajstić information content (AvgIpc) is 3.14. The summed E-state index contributed by atoms with van der Waals surface area (Å²) < 4.78 is 86.0. The Morgan fingerprint density at radius 1 is 1.19 bits per heavy atom. The van der Waals surface area contributed by atoms with E-state index in [9.17, 15) is 31.1 Å². The van der Waals surface area contributed by atoms with Crippen LogP contribution in [0, 0.1) is 0 Å². The second-order valence-electron chi connectivity index (χ2n) is 6.47. The first-order valence-corrected chi connectivity index (χ1v) is 9.88. The molecule has 1 saturated heterocycles. The number of ether oxygens (including phenoxy) is 2. The van der Waals surface area contributed by atoms with Crippen LogP contribution in [0.2, 0.25) is 0 Å². The minimum absolute atomic E-state index is 0.0813. The molecule has 0 atom stereocenters. The van der Waals surface area contributed by atoms with E-state index >= 15 is 0 Å². The molecule has 1 amide bonds. The van der Waals surface area contributed by atoms with Gasteiger partial charge >= 0.3 is 12.5 Å². The number of anilines is 1. The van der Waals surface area contributed by atoms with Crippen molar-refractivity contribution in [2.75, 3.05) is 37.7 Å². The molecule has 13 heteroatoms. The van der Waals surface area contributed by atoms with E-state index in [0.717, 1.165) is 12.1 Å².